The van der Waals surface area contributed by atoms with Crippen LogP contribution in [0.3, 0.4) is 0 Å². The molecule has 3 aliphatic rings. The molecule has 1 aromatic carbocycles. The van der Waals surface area contributed by atoms with Gasteiger partial charge in [0, 0.05) is 23.5 Å². The minimum Gasteiger partial charge on any atom is -0.376 e. The van der Waals surface area contributed by atoms with E-state index in [1.54, 1.807) is 29.2 Å². The molecule has 30 heavy (non-hydrogen) atoms. The van der Waals surface area contributed by atoms with Crippen molar-refractivity contribution in [2.75, 3.05) is 18.1 Å². The zero-order valence-corrected chi connectivity index (χ0v) is 19.6. The predicted molar refractivity (Wildman–Crippen MR) is 117 cm³/mol. The Morgan fingerprint density at radius 2 is 1.80 bits per heavy atom. The molecule has 7 heteroatoms. The lowest BCUT2D eigenvalue weighted by Gasteiger charge is -2.30. The molecule has 1 aliphatic carbocycles. The van der Waals surface area contributed by atoms with Crippen molar-refractivity contribution in [3.05, 3.63) is 28.7 Å². The Kier molecular flexibility index (Phi) is 5.34. The lowest BCUT2D eigenvalue weighted by atomic mass is 10.0. The van der Waals surface area contributed by atoms with E-state index in [9.17, 15) is 14.4 Å². The smallest absolute Gasteiger partial charge is 0.257 e. The fourth-order valence-corrected chi connectivity index (χ4v) is 5.34. The van der Waals surface area contributed by atoms with Crippen molar-refractivity contribution < 1.29 is 19.1 Å². The Morgan fingerprint density at radius 3 is 2.33 bits per heavy atom. The van der Waals surface area contributed by atoms with Crippen molar-refractivity contribution in [3.63, 3.8) is 0 Å². The third kappa shape index (κ3) is 3.40. The molecule has 0 radical (unpaired) electrons. The molecule has 4 rings (SSSR count). The van der Waals surface area contributed by atoms with Gasteiger partial charge in [0.2, 0.25) is 11.8 Å². The number of halogens is 1. The number of amides is 3. The van der Waals surface area contributed by atoms with Gasteiger partial charge < -0.3 is 9.64 Å². The number of carbonyl (C=O) groups excluding carboxylic acids is 3. The van der Waals surface area contributed by atoms with Gasteiger partial charge in [0.1, 0.15) is 6.04 Å². The van der Waals surface area contributed by atoms with Crippen molar-refractivity contribution in [1.29, 1.82) is 0 Å². The third-order valence-corrected chi connectivity index (χ3v) is 8.09. The number of hydrogen-bond acceptors (Lipinski definition) is 4. The van der Waals surface area contributed by atoms with Crippen LogP contribution >= 0.6 is 15.9 Å². The van der Waals surface area contributed by atoms with Crippen LogP contribution in [0.5, 0.6) is 0 Å². The van der Waals surface area contributed by atoms with Crippen LogP contribution in [0.25, 0.3) is 0 Å². The summed E-state index contributed by atoms with van der Waals surface area (Å²) >= 11 is 3.38. The summed E-state index contributed by atoms with van der Waals surface area (Å²) in [5.74, 6) is -0.808. The first-order valence-corrected chi connectivity index (χ1v) is 11.4. The summed E-state index contributed by atoms with van der Waals surface area (Å²) in [7, 11) is 0. The fourth-order valence-electron chi connectivity index (χ4n) is 5.08. The van der Waals surface area contributed by atoms with Gasteiger partial charge in [-0.05, 0) is 47.9 Å². The van der Waals surface area contributed by atoms with E-state index in [4.69, 9.17) is 4.74 Å². The number of nitrogens with zero attached hydrogens (tertiary/aromatic N) is 2. The number of anilines is 1. The summed E-state index contributed by atoms with van der Waals surface area (Å²) in [6, 6.07) is 6.30. The van der Waals surface area contributed by atoms with Crippen molar-refractivity contribution in [2.45, 2.75) is 59.1 Å². The summed E-state index contributed by atoms with van der Waals surface area (Å²) in [5.41, 5.74) is 0.249. The Morgan fingerprint density at radius 1 is 1.17 bits per heavy atom. The summed E-state index contributed by atoms with van der Waals surface area (Å²) in [6.45, 7) is 9.41. The lowest BCUT2D eigenvalue weighted by molar-refractivity contribution is -0.142. The highest BCUT2D eigenvalue weighted by molar-refractivity contribution is 9.10. The SMILES string of the molecule is CC1(C)C(C(=O)N(CC2CCCO2)C2CC(=O)N(c3ccc(Br)cc3)C2=O)C1(C)C. The maximum absolute atomic E-state index is 13.6. The normalized spacial score (nSPS) is 27.6. The number of ether oxygens (including phenoxy) is 1. The van der Waals surface area contributed by atoms with E-state index in [-0.39, 0.29) is 47.0 Å². The van der Waals surface area contributed by atoms with Crippen LogP contribution in [0.15, 0.2) is 28.7 Å². The Bertz CT molecular complexity index is 860. The summed E-state index contributed by atoms with van der Waals surface area (Å²) in [4.78, 5) is 42.7. The molecule has 0 N–H and O–H groups in total. The van der Waals surface area contributed by atoms with Crippen LogP contribution in [-0.4, -0.2) is 47.9 Å². The monoisotopic (exact) mass is 476 g/mol. The first-order valence-electron chi connectivity index (χ1n) is 10.6. The molecule has 0 spiro atoms. The van der Waals surface area contributed by atoms with Crippen LogP contribution in [0.4, 0.5) is 5.69 Å². The highest BCUT2D eigenvalue weighted by Gasteiger charge is 2.69. The largest absolute Gasteiger partial charge is 0.376 e. The Hall–Kier alpha value is -1.73. The van der Waals surface area contributed by atoms with Gasteiger partial charge >= 0.3 is 0 Å². The molecular formula is C23H29BrN2O4. The maximum Gasteiger partial charge on any atom is 0.257 e. The Balaban J connectivity index is 1.62. The van der Waals surface area contributed by atoms with E-state index in [0.29, 0.717) is 18.8 Å². The van der Waals surface area contributed by atoms with Crippen molar-refractivity contribution >= 4 is 39.3 Å². The molecule has 1 saturated carbocycles. The minimum absolute atomic E-state index is 0.0148. The number of hydrogen-bond donors (Lipinski definition) is 0. The van der Waals surface area contributed by atoms with E-state index in [0.717, 1.165) is 17.3 Å². The number of carbonyl (C=O) groups is 3. The van der Waals surface area contributed by atoms with Gasteiger partial charge in [0.25, 0.3) is 5.91 Å². The predicted octanol–water partition coefficient (Wildman–Crippen LogP) is 3.77. The molecule has 1 aromatic rings. The average molecular weight is 477 g/mol. The lowest BCUT2D eigenvalue weighted by Crippen LogP contribution is -2.49. The van der Waals surface area contributed by atoms with Gasteiger partial charge in [-0.3, -0.25) is 14.4 Å². The van der Waals surface area contributed by atoms with Gasteiger partial charge in [-0.2, -0.15) is 0 Å². The zero-order valence-electron chi connectivity index (χ0n) is 18.0. The highest BCUT2D eigenvalue weighted by atomic mass is 79.9. The topological polar surface area (TPSA) is 66.9 Å². The zero-order chi connectivity index (χ0) is 21.8. The first-order chi connectivity index (χ1) is 14.1. The van der Waals surface area contributed by atoms with Crippen LogP contribution in [-0.2, 0) is 19.1 Å². The molecule has 2 unspecified atom stereocenters. The van der Waals surface area contributed by atoms with E-state index < -0.39 is 6.04 Å². The molecule has 6 nitrogen and oxygen atoms in total. The summed E-state index contributed by atoms with van der Waals surface area (Å²) < 4.78 is 6.65. The van der Waals surface area contributed by atoms with Gasteiger partial charge in [-0.15, -0.1) is 0 Å². The number of benzene rings is 1. The second-order valence-corrected chi connectivity index (χ2v) is 10.7. The number of rotatable bonds is 5. The van der Waals surface area contributed by atoms with Crippen LogP contribution in [0.2, 0.25) is 0 Å². The summed E-state index contributed by atoms with van der Waals surface area (Å²) in [6.07, 6.45) is 1.76. The fraction of sp³-hybridized carbons (Fsp3) is 0.609. The Labute approximate surface area is 186 Å². The molecule has 0 bridgehead atoms. The number of imide groups is 1. The third-order valence-electron chi connectivity index (χ3n) is 7.56. The van der Waals surface area contributed by atoms with Crippen molar-refractivity contribution in [3.8, 4) is 0 Å². The quantitative estimate of drug-likeness (QED) is 0.606. The van der Waals surface area contributed by atoms with Crippen molar-refractivity contribution in [1.82, 2.24) is 4.90 Å². The van der Waals surface area contributed by atoms with Crippen LogP contribution in [0.1, 0.15) is 47.0 Å². The molecule has 162 valence electrons. The van der Waals surface area contributed by atoms with Gasteiger partial charge in [-0.25, -0.2) is 4.90 Å². The van der Waals surface area contributed by atoms with E-state index in [1.807, 2.05) is 0 Å². The van der Waals surface area contributed by atoms with E-state index >= 15 is 0 Å². The highest BCUT2D eigenvalue weighted by Crippen LogP contribution is 2.69. The molecule has 0 aromatic heterocycles. The van der Waals surface area contributed by atoms with Crippen LogP contribution < -0.4 is 4.90 Å². The standard InChI is InChI=1S/C23H29BrN2O4/c1-22(2)19(23(22,3)4)21(29)25(13-16-6-5-11-30-16)17-12-18(27)26(20(17)28)15-9-7-14(24)8-10-15/h7-10,16-17,19H,5-6,11-13H2,1-4H3. The minimum atomic E-state index is -0.773. The molecular weight excluding hydrogens is 448 g/mol. The second kappa shape index (κ2) is 7.45. The molecule has 3 amide bonds. The van der Waals surface area contributed by atoms with Gasteiger partial charge in [0.15, 0.2) is 0 Å². The van der Waals surface area contributed by atoms with Gasteiger partial charge in [-0.1, -0.05) is 43.6 Å². The van der Waals surface area contributed by atoms with E-state index in [2.05, 4.69) is 43.6 Å². The maximum atomic E-state index is 13.6. The van der Waals surface area contributed by atoms with Crippen LogP contribution in [0, 0.1) is 16.7 Å². The molecule has 2 saturated heterocycles. The average Bonchev–Trinajstić information content (AvgIpc) is 3.10. The first kappa shape index (κ1) is 21.5. The van der Waals surface area contributed by atoms with E-state index in [1.165, 1.54) is 4.90 Å². The molecule has 2 aliphatic heterocycles. The molecule has 2 atom stereocenters. The van der Waals surface area contributed by atoms with Gasteiger partial charge in [0.05, 0.1) is 18.2 Å². The summed E-state index contributed by atoms with van der Waals surface area (Å²) in [5, 5.41) is 0. The molecule has 2 heterocycles. The second-order valence-electron chi connectivity index (χ2n) is 9.77. The van der Waals surface area contributed by atoms with Crippen molar-refractivity contribution in [2.24, 2.45) is 16.7 Å². The molecule has 3 fully saturated rings.